The molecule has 0 atom stereocenters. The van der Waals surface area contributed by atoms with E-state index in [-0.39, 0.29) is 11.9 Å². The predicted molar refractivity (Wildman–Crippen MR) is 70.1 cm³/mol. The van der Waals surface area contributed by atoms with Crippen LogP contribution in [0, 0.1) is 0 Å². The van der Waals surface area contributed by atoms with Gasteiger partial charge in [0.2, 0.25) is 5.91 Å². The molecule has 0 saturated carbocycles. The number of amides is 1. The van der Waals surface area contributed by atoms with Gasteiger partial charge in [-0.3, -0.25) is 4.79 Å². The second-order valence-corrected chi connectivity index (χ2v) is 3.68. The van der Waals surface area contributed by atoms with Crippen LogP contribution in [0.3, 0.4) is 0 Å². The second-order valence-electron chi connectivity index (χ2n) is 3.68. The lowest BCUT2D eigenvalue weighted by atomic mass is 10.1. The number of rotatable bonds is 5. The molecule has 96 valence electrons. The van der Waals surface area contributed by atoms with E-state index in [1.54, 1.807) is 19.1 Å². The van der Waals surface area contributed by atoms with Gasteiger partial charge in [-0.2, -0.15) is 0 Å². The Kier molecular flexibility index (Phi) is 5.64. The second kappa shape index (κ2) is 7.27. The molecule has 0 fully saturated rings. The van der Waals surface area contributed by atoms with E-state index in [0.717, 1.165) is 5.56 Å². The monoisotopic (exact) mass is 247 g/mol. The molecule has 4 nitrogen and oxygen atoms in total. The molecule has 1 rings (SSSR count). The highest BCUT2D eigenvalue weighted by Crippen LogP contribution is 2.07. The normalized spacial score (nSPS) is 10.3. The van der Waals surface area contributed by atoms with Crippen LogP contribution in [0.15, 0.2) is 30.3 Å². The van der Waals surface area contributed by atoms with E-state index < -0.39 is 0 Å². The average molecular weight is 247 g/mol. The molecule has 1 aromatic rings. The minimum absolute atomic E-state index is 0.0580. The number of hydrogen-bond acceptors (Lipinski definition) is 3. The van der Waals surface area contributed by atoms with Crippen LogP contribution in [0.1, 0.15) is 29.8 Å². The topological polar surface area (TPSA) is 55.4 Å². The number of ether oxygens (including phenoxy) is 1. The van der Waals surface area contributed by atoms with E-state index in [4.69, 9.17) is 4.74 Å². The van der Waals surface area contributed by atoms with Crippen LogP contribution in [0.5, 0.6) is 0 Å². The Bertz CT molecular complexity index is 435. The molecule has 0 heterocycles. The SMILES string of the molecule is CCOC(=O)c1ccc(C=CCNC(C)=O)cc1. The zero-order valence-electron chi connectivity index (χ0n) is 10.6. The molecule has 1 N–H and O–H groups in total. The lowest BCUT2D eigenvalue weighted by Gasteiger charge is -2.01. The number of carbonyl (C=O) groups excluding carboxylic acids is 2. The van der Waals surface area contributed by atoms with Gasteiger partial charge in [0, 0.05) is 13.5 Å². The highest BCUT2D eigenvalue weighted by Gasteiger charge is 2.04. The Morgan fingerprint density at radius 2 is 1.94 bits per heavy atom. The number of esters is 1. The van der Waals surface area contributed by atoms with E-state index in [9.17, 15) is 9.59 Å². The Labute approximate surface area is 107 Å². The van der Waals surface area contributed by atoms with E-state index >= 15 is 0 Å². The first kappa shape index (κ1) is 14.0. The maximum Gasteiger partial charge on any atom is 0.338 e. The van der Waals surface area contributed by atoms with Crippen molar-refractivity contribution in [1.29, 1.82) is 0 Å². The lowest BCUT2D eigenvalue weighted by molar-refractivity contribution is -0.118. The molecule has 0 aliphatic rings. The first-order valence-electron chi connectivity index (χ1n) is 5.81. The molecule has 0 unspecified atom stereocenters. The van der Waals surface area contributed by atoms with Crippen LogP contribution in [0.25, 0.3) is 6.08 Å². The van der Waals surface area contributed by atoms with Crippen molar-refractivity contribution in [3.8, 4) is 0 Å². The maximum atomic E-state index is 11.4. The van der Waals surface area contributed by atoms with Crippen LogP contribution in [-0.2, 0) is 9.53 Å². The Balaban J connectivity index is 2.54. The van der Waals surface area contributed by atoms with Crippen molar-refractivity contribution < 1.29 is 14.3 Å². The fourth-order valence-corrected chi connectivity index (χ4v) is 1.34. The molecule has 0 spiro atoms. The number of carbonyl (C=O) groups is 2. The molecule has 4 heteroatoms. The molecule has 0 saturated heterocycles. The molecule has 0 aliphatic carbocycles. The predicted octanol–water partition coefficient (Wildman–Crippen LogP) is 2.01. The van der Waals surface area contributed by atoms with Gasteiger partial charge in [0.1, 0.15) is 0 Å². The molecule has 0 aromatic heterocycles. The van der Waals surface area contributed by atoms with Crippen LogP contribution in [0.4, 0.5) is 0 Å². The summed E-state index contributed by atoms with van der Waals surface area (Å²) in [6.07, 6.45) is 3.73. The molecular weight excluding hydrogens is 230 g/mol. The molecule has 0 radical (unpaired) electrons. The van der Waals surface area contributed by atoms with E-state index in [1.165, 1.54) is 6.92 Å². The highest BCUT2D eigenvalue weighted by molar-refractivity contribution is 5.89. The summed E-state index contributed by atoms with van der Waals surface area (Å²) >= 11 is 0. The third kappa shape index (κ3) is 4.82. The summed E-state index contributed by atoms with van der Waals surface area (Å²) in [5, 5.41) is 2.66. The summed E-state index contributed by atoms with van der Waals surface area (Å²) in [4.78, 5) is 22.0. The minimum Gasteiger partial charge on any atom is -0.462 e. The third-order valence-corrected chi connectivity index (χ3v) is 2.20. The number of nitrogens with one attached hydrogen (secondary N) is 1. The van der Waals surface area contributed by atoms with E-state index in [2.05, 4.69) is 5.32 Å². The fourth-order valence-electron chi connectivity index (χ4n) is 1.34. The molecular formula is C14H17NO3. The summed E-state index contributed by atoms with van der Waals surface area (Å²) in [7, 11) is 0. The van der Waals surface area contributed by atoms with Gasteiger partial charge in [0.05, 0.1) is 12.2 Å². The standard InChI is InChI=1S/C14H17NO3/c1-3-18-14(17)13-8-6-12(7-9-13)5-4-10-15-11(2)16/h4-9H,3,10H2,1-2H3,(H,15,16). The Hall–Kier alpha value is -2.10. The van der Waals surface area contributed by atoms with Crippen LogP contribution in [-0.4, -0.2) is 25.0 Å². The summed E-state index contributed by atoms with van der Waals surface area (Å²) in [5.74, 6) is -0.372. The van der Waals surface area contributed by atoms with Crippen molar-refractivity contribution >= 4 is 18.0 Å². The molecule has 0 aliphatic heterocycles. The Morgan fingerprint density at radius 1 is 1.28 bits per heavy atom. The zero-order valence-corrected chi connectivity index (χ0v) is 10.6. The van der Waals surface area contributed by atoms with Crippen LogP contribution >= 0.6 is 0 Å². The van der Waals surface area contributed by atoms with Gasteiger partial charge >= 0.3 is 5.97 Å². The number of hydrogen-bond donors (Lipinski definition) is 1. The summed E-state index contributed by atoms with van der Waals surface area (Å²) in [6, 6.07) is 7.10. The molecule has 1 aromatic carbocycles. The fraction of sp³-hybridized carbons (Fsp3) is 0.286. The van der Waals surface area contributed by atoms with Crippen molar-refractivity contribution in [2.75, 3.05) is 13.2 Å². The smallest absolute Gasteiger partial charge is 0.338 e. The van der Waals surface area contributed by atoms with Crippen molar-refractivity contribution in [3.05, 3.63) is 41.5 Å². The largest absolute Gasteiger partial charge is 0.462 e. The van der Waals surface area contributed by atoms with Gasteiger partial charge < -0.3 is 10.1 Å². The summed E-state index contributed by atoms with van der Waals surface area (Å²) < 4.78 is 4.89. The van der Waals surface area contributed by atoms with Crippen molar-refractivity contribution in [3.63, 3.8) is 0 Å². The van der Waals surface area contributed by atoms with Gasteiger partial charge in [0.25, 0.3) is 0 Å². The number of benzene rings is 1. The minimum atomic E-state index is -0.314. The summed E-state index contributed by atoms with van der Waals surface area (Å²) in [5.41, 5.74) is 1.50. The van der Waals surface area contributed by atoms with Gasteiger partial charge in [-0.15, -0.1) is 0 Å². The van der Waals surface area contributed by atoms with Crippen molar-refractivity contribution in [2.45, 2.75) is 13.8 Å². The van der Waals surface area contributed by atoms with E-state index in [0.29, 0.717) is 18.7 Å². The molecule has 0 bridgehead atoms. The molecule has 1 amide bonds. The van der Waals surface area contributed by atoms with Crippen molar-refractivity contribution in [2.24, 2.45) is 0 Å². The summed E-state index contributed by atoms with van der Waals surface area (Å²) in [6.45, 7) is 4.12. The first-order chi connectivity index (χ1) is 8.63. The van der Waals surface area contributed by atoms with Gasteiger partial charge in [-0.25, -0.2) is 4.79 Å². The van der Waals surface area contributed by atoms with Crippen LogP contribution in [0.2, 0.25) is 0 Å². The Morgan fingerprint density at radius 3 is 2.50 bits per heavy atom. The van der Waals surface area contributed by atoms with Gasteiger partial charge in [-0.05, 0) is 24.6 Å². The van der Waals surface area contributed by atoms with Gasteiger partial charge in [0.15, 0.2) is 0 Å². The molecule has 18 heavy (non-hydrogen) atoms. The quantitative estimate of drug-likeness (QED) is 0.810. The van der Waals surface area contributed by atoms with Gasteiger partial charge in [-0.1, -0.05) is 24.3 Å². The van der Waals surface area contributed by atoms with Crippen LogP contribution < -0.4 is 5.32 Å². The van der Waals surface area contributed by atoms with Crippen molar-refractivity contribution in [1.82, 2.24) is 5.32 Å². The lowest BCUT2D eigenvalue weighted by Crippen LogP contribution is -2.19. The highest BCUT2D eigenvalue weighted by atomic mass is 16.5. The average Bonchev–Trinajstić information content (AvgIpc) is 2.35. The third-order valence-electron chi connectivity index (χ3n) is 2.20. The van der Waals surface area contributed by atoms with E-state index in [1.807, 2.05) is 24.3 Å². The zero-order chi connectivity index (χ0) is 13.4. The first-order valence-corrected chi connectivity index (χ1v) is 5.81. The maximum absolute atomic E-state index is 11.4.